The lowest BCUT2D eigenvalue weighted by atomic mass is 10.1. The molecule has 0 saturated heterocycles. The molecular formula is C10H12ClN3O3. The molecule has 0 unspecified atom stereocenters. The number of amides is 1. The van der Waals surface area contributed by atoms with Crippen molar-refractivity contribution in [2.45, 2.75) is 25.8 Å². The molecule has 0 spiro atoms. The Balaban J connectivity index is 2.73. The van der Waals surface area contributed by atoms with Crippen molar-refractivity contribution >= 4 is 23.5 Å². The van der Waals surface area contributed by atoms with E-state index < -0.39 is 17.9 Å². The van der Waals surface area contributed by atoms with Gasteiger partial charge in [0.2, 0.25) is 0 Å². The van der Waals surface area contributed by atoms with Gasteiger partial charge in [-0.05, 0) is 6.42 Å². The fourth-order valence-electron chi connectivity index (χ4n) is 1.23. The molecule has 0 aliphatic heterocycles. The summed E-state index contributed by atoms with van der Waals surface area (Å²) in [4.78, 5) is 29.9. The van der Waals surface area contributed by atoms with E-state index >= 15 is 0 Å². The van der Waals surface area contributed by atoms with Gasteiger partial charge in [0.05, 0.1) is 12.4 Å². The quantitative estimate of drug-likeness (QED) is 0.824. The number of carbonyl (C=O) groups is 2. The predicted molar refractivity (Wildman–Crippen MR) is 60.8 cm³/mol. The van der Waals surface area contributed by atoms with Crippen molar-refractivity contribution in [1.29, 1.82) is 0 Å². The van der Waals surface area contributed by atoms with E-state index in [1.165, 1.54) is 12.4 Å². The fourth-order valence-corrected chi connectivity index (χ4v) is 1.38. The molecule has 0 radical (unpaired) electrons. The number of hydrogen-bond donors (Lipinski definition) is 2. The number of hydrogen-bond acceptors (Lipinski definition) is 4. The van der Waals surface area contributed by atoms with Crippen molar-refractivity contribution in [3.05, 3.63) is 23.2 Å². The summed E-state index contributed by atoms with van der Waals surface area (Å²) in [7, 11) is 0. The number of nitrogens with one attached hydrogen (secondary N) is 1. The highest BCUT2D eigenvalue weighted by atomic mass is 35.5. The molecule has 0 aliphatic carbocycles. The molecule has 17 heavy (non-hydrogen) atoms. The smallest absolute Gasteiger partial charge is 0.326 e. The molecule has 0 aromatic carbocycles. The van der Waals surface area contributed by atoms with Crippen LogP contribution in [0.25, 0.3) is 0 Å². The van der Waals surface area contributed by atoms with Crippen LogP contribution in [-0.4, -0.2) is 33.0 Å². The number of rotatable bonds is 5. The van der Waals surface area contributed by atoms with Crippen molar-refractivity contribution in [2.24, 2.45) is 0 Å². The summed E-state index contributed by atoms with van der Waals surface area (Å²) < 4.78 is 0. The lowest BCUT2D eigenvalue weighted by Gasteiger charge is -2.12. The van der Waals surface area contributed by atoms with Crippen molar-refractivity contribution in [3.8, 4) is 0 Å². The first kappa shape index (κ1) is 13.4. The summed E-state index contributed by atoms with van der Waals surface area (Å²) in [6.07, 6.45) is 3.53. The highest BCUT2D eigenvalue weighted by Gasteiger charge is 2.20. The Kier molecular flexibility index (Phi) is 4.84. The minimum Gasteiger partial charge on any atom is -0.480 e. The third-order valence-electron chi connectivity index (χ3n) is 2.02. The maximum atomic E-state index is 11.7. The van der Waals surface area contributed by atoms with Crippen LogP contribution in [0, 0.1) is 0 Å². The Bertz CT molecular complexity index is 425. The highest BCUT2D eigenvalue weighted by Crippen LogP contribution is 2.04. The molecule has 2 N–H and O–H groups in total. The first-order valence-corrected chi connectivity index (χ1v) is 5.43. The standard InChI is InChI=1S/C10H12ClN3O3/c1-2-3-6(10(16)17)14-9(15)7-4-12-5-8(11)13-7/h4-6H,2-3H2,1H3,(H,14,15)(H,16,17)/t6-/m1/s1. The van der Waals surface area contributed by atoms with Crippen LogP contribution in [0.2, 0.25) is 5.15 Å². The summed E-state index contributed by atoms with van der Waals surface area (Å²) in [5.41, 5.74) is -0.000136. The average Bonchev–Trinajstić information content (AvgIpc) is 2.28. The molecule has 1 aromatic heterocycles. The van der Waals surface area contributed by atoms with E-state index in [4.69, 9.17) is 16.7 Å². The van der Waals surface area contributed by atoms with Gasteiger partial charge in [-0.2, -0.15) is 0 Å². The van der Waals surface area contributed by atoms with Crippen molar-refractivity contribution in [2.75, 3.05) is 0 Å². The largest absolute Gasteiger partial charge is 0.480 e. The lowest BCUT2D eigenvalue weighted by Crippen LogP contribution is -2.41. The van der Waals surface area contributed by atoms with E-state index in [1.807, 2.05) is 6.92 Å². The number of nitrogens with zero attached hydrogens (tertiary/aromatic N) is 2. The minimum atomic E-state index is -1.07. The van der Waals surface area contributed by atoms with Gasteiger partial charge in [-0.25, -0.2) is 9.78 Å². The molecule has 0 bridgehead atoms. The van der Waals surface area contributed by atoms with E-state index in [0.717, 1.165) is 0 Å². The number of aromatic nitrogens is 2. The van der Waals surface area contributed by atoms with E-state index in [-0.39, 0.29) is 10.8 Å². The molecule has 1 aromatic rings. The number of carboxylic acids is 1. The number of carbonyl (C=O) groups excluding carboxylic acids is 1. The zero-order chi connectivity index (χ0) is 12.8. The maximum absolute atomic E-state index is 11.7. The van der Waals surface area contributed by atoms with Crippen molar-refractivity contribution in [3.63, 3.8) is 0 Å². The fraction of sp³-hybridized carbons (Fsp3) is 0.400. The van der Waals surface area contributed by atoms with Gasteiger partial charge < -0.3 is 10.4 Å². The van der Waals surface area contributed by atoms with Gasteiger partial charge in [-0.15, -0.1) is 0 Å². The summed E-state index contributed by atoms with van der Waals surface area (Å²) in [6, 6.07) is -0.923. The van der Waals surface area contributed by atoms with E-state index in [1.54, 1.807) is 0 Å². The van der Waals surface area contributed by atoms with E-state index in [2.05, 4.69) is 15.3 Å². The van der Waals surface area contributed by atoms with Gasteiger partial charge in [-0.3, -0.25) is 9.78 Å². The number of aliphatic carboxylic acids is 1. The zero-order valence-corrected chi connectivity index (χ0v) is 9.94. The summed E-state index contributed by atoms with van der Waals surface area (Å²) in [5, 5.41) is 11.3. The Morgan fingerprint density at radius 1 is 1.53 bits per heavy atom. The monoisotopic (exact) mass is 257 g/mol. The first-order valence-electron chi connectivity index (χ1n) is 5.05. The van der Waals surface area contributed by atoms with Crippen molar-refractivity contribution < 1.29 is 14.7 Å². The van der Waals surface area contributed by atoms with Gasteiger partial charge >= 0.3 is 5.97 Å². The molecular weight excluding hydrogens is 246 g/mol. The lowest BCUT2D eigenvalue weighted by molar-refractivity contribution is -0.139. The van der Waals surface area contributed by atoms with Gasteiger partial charge in [0, 0.05) is 0 Å². The second kappa shape index (κ2) is 6.15. The van der Waals surface area contributed by atoms with Gasteiger partial charge in [0.1, 0.15) is 16.9 Å². The summed E-state index contributed by atoms with van der Waals surface area (Å²) >= 11 is 5.58. The summed E-state index contributed by atoms with van der Waals surface area (Å²) in [5.74, 6) is -1.67. The Morgan fingerprint density at radius 3 is 2.76 bits per heavy atom. The van der Waals surface area contributed by atoms with Crippen LogP contribution in [0.3, 0.4) is 0 Å². The predicted octanol–water partition coefficient (Wildman–Crippen LogP) is 1.11. The van der Waals surface area contributed by atoms with E-state index in [0.29, 0.717) is 12.8 Å². The normalized spacial score (nSPS) is 11.9. The summed E-state index contributed by atoms with van der Waals surface area (Å²) in [6.45, 7) is 1.83. The zero-order valence-electron chi connectivity index (χ0n) is 9.18. The first-order chi connectivity index (χ1) is 8.04. The van der Waals surface area contributed by atoms with Crippen LogP contribution < -0.4 is 5.32 Å². The van der Waals surface area contributed by atoms with Gasteiger partial charge in [-0.1, -0.05) is 24.9 Å². The van der Waals surface area contributed by atoms with Crippen LogP contribution in [0.15, 0.2) is 12.4 Å². The topological polar surface area (TPSA) is 92.2 Å². The van der Waals surface area contributed by atoms with Crippen LogP contribution >= 0.6 is 11.6 Å². The number of halogens is 1. The molecule has 0 aliphatic rings. The second-order valence-electron chi connectivity index (χ2n) is 3.38. The maximum Gasteiger partial charge on any atom is 0.326 e. The van der Waals surface area contributed by atoms with Gasteiger partial charge in [0.25, 0.3) is 5.91 Å². The molecule has 1 atom stereocenters. The third-order valence-corrected chi connectivity index (χ3v) is 2.20. The molecule has 0 saturated carbocycles. The van der Waals surface area contributed by atoms with E-state index in [9.17, 15) is 9.59 Å². The SMILES string of the molecule is CCC[C@@H](NC(=O)c1cncc(Cl)n1)C(=O)O. The minimum absolute atomic E-state index is 0.000136. The van der Waals surface area contributed by atoms with Crippen LogP contribution in [0.4, 0.5) is 0 Å². The van der Waals surface area contributed by atoms with Crippen molar-refractivity contribution in [1.82, 2.24) is 15.3 Å². The Labute approximate surface area is 103 Å². The highest BCUT2D eigenvalue weighted by molar-refractivity contribution is 6.29. The number of carboxylic acid groups (broad SMARTS) is 1. The average molecular weight is 258 g/mol. The second-order valence-corrected chi connectivity index (χ2v) is 3.77. The molecule has 0 fully saturated rings. The molecule has 1 amide bonds. The molecule has 6 nitrogen and oxygen atoms in total. The Hall–Kier alpha value is -1.69. The molecule has 7 heteroatoms. The van der Waals surface area contributed by atoms with Crippen LogP contribution in [0.1, 0.15) is 30.3 Å². The Morgan fingerprint density at radius 2 is 2.24 bits per heavy atom. The molecule has 1 rings (SSSR count). The van der Waals surface area contributed by atoms with Crippen LogP contribution in [-0.2, 0) is 4.79 Å². The third kappa shape index (κ3) is 3.99. The molecule has 92 valence electrons. The van der Waals surface area contributed by atoms with Crippen LogP contribution in [0.5, 0.6) is 0 Å². The van der Waals surface area contributed by atoms with Gasteiger partial charge in [0.15, 0.2) is 0 Å². The molecule has 1 heterocycles.